The molecule has 1 saturated carbocycles. The minimum absolute atomic E-state index is 0.00434. The van der Waals surface area contributed by atoms with E-state index in [0.717, 1.165) is 16.8 Å². The highest BCUT2D eigenvalue weighted by molar-refractivity contribution is 7.92. The monoisotopic (exact) mass is 442 g/mol. The van der Waals surface area contributed by atoms with Crippen molar-refractivity contribution in [3.8, 4) is 0 Å². The first kappa shape index (κ1) is 23.1. The summed E-state index contributed by atoms with van der Waals surface area (Å²) in [6.07, 6.45) is 4.82. The molecule has 0 saturated heterocycles. The molecule has 1 aromatic rings. The summed E-state index contributed by atoms with van der Waals surface area (Å²) in [5.41, 5.74) is -0.140. The second-order valence-corrected chi connectivity index (χ2v) is 11.3. The highest BCUT2D eigenvalue weighted by Gasteiger charge is 2.36. The molecule has 1 aromatic carbocycles. The molecule has 0 heterocycles. The number of Topliss-reactive ketones (excluding diaryl/α,β-unsaturated/α-hetero) is 2. The summed E-state index contributed by atoms with van der Waals surface area (Å²) in [6, 6.07) is 3.69. The van der Waals surface area contributed by atoms with Crippen LogP contribution in [0.15, 0.2) is 34.9 Å². The van der Waals surface area contributed by atoms with Gasteiger partial charge in [0.1, 0.15) is 0 Å². The number of sulfonamides is 1. The number of anilines is 1. The van der Waals surface area contributed by atoms with Gasteiger partial charge in [-0.05, 0) is 38.0 Å². The van der Waals surface area contributed by atoms with Gasteiger partial charge in [-0.25, -0.2) is 16.8 Å². The molecule has 0 spiro atoms. The third kappa shape index (κ3) is 5.45. The molecule has 1 aliphatic rings. The Kier molecular flexibility index (Phi) is 6.58. The van der Waals surface area contributed by atoms with E-state index in [1.54, 1.807) is 25.9 Å². The fraction of sp³-hybridized carbons (Fsp3) is 0.474. The molecule has 0 atom stereocenters. The number of allylic oxidation sites excluding steroid dienone is 1. The number of hydrogen-bond donors (Lipinski definition) is 0. The lowest BCUT2D eigenvalue weighted by Crippen LogP contribution is -2.31. The highest BCUT2D eigenvalue weighted by Crippen LogP contribution is 2.35. The van der Waals surface area contributed by atoms with Crippen LogP contribution < -0.4 is 4.31 Å². The van der Waals surface area contributed by atoms with Crippen molar-refractivity contribution in [3.05, 3.63) is 35.5 Å². The van der Waals surface area contributed by atoms with Gasteiger partial charge >= 0.3 is 0 Å². The van der Waals surface area contributed by atoms with Crippen LogP contribution in [0.5, 0.6) is 0 Å². The molecule has 0 radical (unpaired) electrons. The van der Waals surface area contributed by atoms with E-state index in [9.17, 15) is 26.4 Å². The van der Waals surface area contributed by atoms with Gasteiger partial charge in [0.15, 0.2) is 21.4 Å². The number of hydrogen-bond acceptors (Lipinski definition) is 7. The smallest absolute Gasteiger partial charge is 0.232 e. The molecule has 0 aromatic heterocycles. The SMILES string of the molecule is CCN(c1cc(S(C)(=O)=O)ccc1C(=O)/C(=C/N(C)C)C(=O)C1CC1)S(C)(=O)=O. The number of sulfone groups is 1. The van der Waals surface area contributed by atoms with Gasteiger partial charge in [0.2, 0.25) is 10.0 Å². The topological polar surface area (TPSA) is 109 Å². The van der Waals surface area contributed by atoms with Gasteiger partial charge in [-0.2, -0.15) is 0 Å². The fourth-order valence-electron chi connectivity index (χ4n) is 2.93. The van der Waals surface area contributed by atoms with Crippen LogP contribution >= 0.6 is 0 Å². The predicted molar refractivity (Wildman–Crippen MR) is 111 cm³/mol. The maximum atomic E-state index is 13.3. The van der Waals surface area contributed by atoms with Crippen molar-refractivity contribution >= 4 is 37.1 Å². The Morgan fingerprint density at radius 2 is 1.69 bits per heavy atom. The zero-order chi connectivity index (χ0) is 22.1. The molecular formula is C19H26N2O6S2. The number of carbonyl (C=O) groups excluding carboxylic acids is 2. The Balaban J connectivity index is 2.72. The molecule has 0 amide bonds. The van der Waals surface area contributed by atoms with Crippen LogP contribution in [0.2, 0.25) is 0 Å². The summed E-state index contributed by atoms with van der Waals surface area (Å²) in [6.45, 7) is 1.57. The van der Waals surface area contributed by atoms with E-state index < -0.39 is 25.6 Å². The Hall–Kier alpha value is -2.20. The van der Waals surface area contributed by atoms with Gasteiger partial charge in [0.25, 0.3) is 0 Å². The Labute approximate surface area is 172 Å². The molecule has 1 aliphatic carbocycles. The second kappa shape index (κ2) is 8.27. The van der Waals surface area contributed by atoms with Crippen molar-refractivity contribution in [2.45, 2.75) is 24.7 Å². The van der Waals surface area contributed by atoms with Gasteiger partial charge in [-0.3, -0.25) is 13.9 Å². The standard InChI is InChI=1S/C19H26N2O6S2/c1-6-21(29(5,26)27)17-11-14(28(4,24)25)9-10-15(17)19(23)16(12-20(2)3)18(22)13-7-8-13/h9-13H,6-8H2,1-5H3/b16-12+. The van der Waals surface area contributed by atoms with E-state index in [1.807, 2.05) is 0 Å². The fourth-order valence-corrected chi connectivity index (χ4v) is 4.55. The van der Waals surface area contributed by atoms with Crippen molar-refractivity contribution in [3.63, 3.8) is 0 Å². The zero-order valence-electron chi connectivity index (χ0n) is 17.2. The Morgan fingerprint density at radius 1 is 1.10 bits per heavy atom. The number of nitrogens with zero attached hydrogens (tertiary/aromatic N) is 2. The lowest BCUT2D eigenvalue weighted by molar-refractivity contribution is -0.116. The van der Waals surface area contributed by atoms with Crippen LogP contribution in [0.1, 0.15) is 30.1 Å². The maximum absolute atomic E-state index is 13.3. The lowest BCUT2D eigenvalue weighted by atomic mass is 9.97. The van der Waals surface area contributed by atoms with Crippen molar-refractivity contribution in [1.82, 2.24) is 4.90 Å². The number of rotatable bonds is 9. The first-order valence-electron chi connectivity index (χ1n) is 9.06. The van der Waals surface area contributed by atoms with Crippen LogP contribution in [-0.2, 0) is 24.7 Å². The highest BCUT2D eigenvalue weighted by atomic mass is 32.2. The van der Waals surface area contributed by atoms with Crippen molar-refractivity contribution < 1.29 is 26.4 Å². The first-order valence-corrected chi connectivity index (χ1v) is 12.8. The van der Waals surface area contributed by atoms with Crippen LogP contribution in [0.3, 0.4) is 0 Å². The van der Waals surface area contributed by atoms with Gasteiger partial charge < -0.3 is 4.90 Å². The maximum Gasteiger partial charge on any atom is 0.232 e. The summed E-state index contributed by atoms with van der Waals surface area (Å²) in [5.74, 6) is -1.13. The van der Waals surface area contributed by atoms with Gasteiger partial charge in [-0.1, -0.05) is 0 Å². The van der Waals surface area contributed by atoms with Crippen LogP contribution in [0.4, 0.5) is 5.69 Å². The third-order valence-electron chi connectivity index (χ3n) is 4.44. The average Bonchev–Trinajstić information content (AvgIpc) is 3.42. The molecule has 0 bridgehead atoms. The first-order chi connectivity index (χ1) is 13.3. The number of benzene rings is 1. The Morgan fingerprint density at radius 3 is 2.10 bits per heavy atom. The average molecular weight is 443 g/mol. The second-order valence-electron chi connectivity index (χ2n) is 7.35. The van der Waals surface area contributed by atoms with E-state index in [1.165, 1.54) is 24.4 Å². The van der Waals surface area contributed by atoms with Gasteiger partial charge in [0, 0.05) is 44.6 Å². The molecule has 0 N–H and O–H groups in total. The zero-order valence-corrected chi connectivity index (χ0v) is 18.8. The van der Waals surface area contributed by atoms with Crippen molar-refractivity contribution in [2.75, 3.05) is 37.5 Å². The van der Waals surface area contributed by atoms with Crippen LogP contribution in [0, 0.1) is 5.92 Å². The van der Waals surface area contributed by atoms with E-state index in [-0.39, 0.29) is 40.0 Å². The molecule has 0 unspecified atom stereocenters. The number of ketones is 2. The largest absolute Gasteiger partial charge is 0.383 e. The van der Waals surface area contributed by atoms with Gasteiger partial charge in [0.05, 0.1) is 22.4 Å². The van der Waals surface area contributed by atoms with E-state index >= 15 is 0 Å². The molecule has 8 nitrogen and oxygen atoms in total. The van der Waals surface area contributed by atoms with Crippen molar-refractivity contribution in [2.24, 2.45) is 5.92 Å². The van der Waals surface area contributed by atoms with E-state index in [2.05, 4.69) is 0 Å². The molecule has 160 valence electrons. The normalized spacial score (nSPS) is 15.1. The van der Waals surface area contributed by atoms with Gasteiger partial charge in [-0.15, -0.1) is 0 Å². The lowest BCUT2D eigenvalue weighted by Gasteiger charge is -2.24. The number of carbonyl (C=O) groups is 2. The van der Waals surface area contributed by atoms with Crippen LogP contribution in [0.25, 0.3) is 0 Å². The molecule has 0 aliphatic heterocycles. The molecule has 10 heteroatoms. The molecular weight excluding hydrogens is 416 g/mol. The Bertz CT molecular complexity index is 1070. The molecule has 29 heavy (non-hydrogen) atoms. The predicted octanol–water partition coefficient (Wildman–Crippen LogP) is 1.48. The summed E-state index contributed by atoms with van der Waals surface area (Å²) in [7, 11) is -4.07. The summed E-state index contributed by atoms with van der Waals surface area (Å²) in [5, 5.41) is 0. The quantitative estimate of drug-likeness (QED) is 0.247. The minimum atomic E-state index is -3.79. The minimum Gasteiger partial charge on any atom is -0.383 e. The summed E-state index contributed by atoms with van der Waals surface area (Å²) >= 11 is 0. The third-order valence-corrected chi connectivity index (χ3v) is 6.81. The van der Waals surface area contributed by atoms with Crippen LogP contribution in [-0.4, -0.2) is 66.5 Å². The molecule has 1 fully saturated rings. The summed E-state index contributed by atoms with van der Waals surface area (Å²) in [4.78, 5) is 27.4. The molecule has 2 rings (SSSR count). The van der Waals surface area contributed by atoms with Crippen molar-refractivity contribution in [1.29, 1.82) is 0 Å². The van der Waals surface area contributed by atoms with E-state index in [0.29, 0.717) is 12.8 Å². The van der Waals surface area contributed by atoms with E-state index in [4.69, 9.17) is 0 Å². The summed E-state index contributed by atoms with van der Waals surface area (Å²) < 4.78 is 49.5.